The van der Waals surface area contributed by atoms with Gasteiger partial charge in [-0.1, -0.05) is 0 Å². The Morgan fingerprint density at radius 1 is 1.56 bits per heavy atom. The average Bonchev–Trinajstić information content (AvgIpc) is 2.70. The van der Waals surface area contributed by atoms with E-state index in [9.17, 15) is 9.59 Å². The molecule has 0 atom stereocenters. The monoisotopic (exact) mass is 271 g/mol. The summed E-state index contributed by atoms with van der Waals surface area (Å²) in [6.07, 6.45) is 1.70. The zero-order chi connectivity index (χ0) is 13.9. The Morgan fingerprint density at radius 3 is 2.61 bits per heavy atom. The van der Waals surface area contributed by atoms with Crippen molar-refractivity contribution in [3.63, 3.8) is 0 Å². The van der Waals surface area contributed by atoms with Crippen molar-refractivity contribution < 1.29 is 14.7 Å². The van der Waals surface area contributed by atoms with E-state index in [4.69, 9.17) is 5.11 Å². The largest absolute Gasteiger partial charge is 0.480 e. The smallest absolute Gasteiger partial charge is 0.329 e. The maximum absolute atomic E-state index is 11.8. The highest BCUT2D eigenvalue weighted by Crippen LogP contribution is 2.14. The normalized spacial score (nSPS) is 11.1. The van der Waals surface area contributed by atoms with Crippen LogP contribution in [0.5, 0.6) is 0 Å². The lowest BCUT2D eigenvalue weighted by Crippen LogP contribution is -2.53. The van der Waals surface area contributed by atoms with Crippen molar-refractivity contribution in [1.82, 2.24) is 15.2 Å². The molecule has 1 rings (SSSR count). The summed E-state index contributed by atoms with van der Waals surface area (Å²) in [6, 6.07) is -0.423. The van der Waals surface area contributed by atoms with E-state index in [-0.39, 0.29) is 0 Å². The first-order valence-electron chi connectivity index (χ1n) is 5.41. The molecule has 0 saturated heterocycles. The molecule has 18 heavy (non-hydrogen) atoms. The van der Waals surface area contributed by atoms with E-state index in [0.29, 0.717) is 6.54 Å². The van der Waals surface area contributed by atoms with Gasteiger partial charge in [-0.2, -0.15) is 0 Å². The van der Waals surface area contributed by atoms with E-state index in [1.807, 2.05) is 6.92 Å². The fraction of sp³-hybridized carbons (Fsp3) is 0.545. The molecule has 0 aliphatic heterocycles. The highest BCUT2D eigenvalue weighted by molar-refractivity contribution is 7.11. The van der Waals surface area contributed by atoms with Gasteiger partial charge in [-0.3, -0.25) is 0 Å². The number of thiazole rings is 1. The van der Waals surface area contributed by atoms with Gasteiger partial charge in [0.05, 0.1) is 11.6 Å². The van der Waals surface area contributed by atoms with Gasteiger partial charge in [-0.05, 0) is 20.8 Å². The fourth-order valence-corrected chi connectivity index (χ4v) is 1.90. The Balaban J connectivity index is 2.58. The van der Waals surface area contributed by atoms with E-state index in [2.05, 4.69) is 10.3 Å². The molecule has 2 N–H and O–H groups in total. The highest BCUT2D eigenvalue weighted by atomic mass is 32.1. The summed E-state index contributed by atoms with van der Waals surface area (Å²) in [7, 11) is 1.46. The third-order valence-corrected chi connectivity index (χ3v) is 3.66. The Morgan fingerprint density at radius 2 is 2.17 bits per heavy atom. The van der Waals surface area contributed by atoms with Crippen LogP contribution in [0.3, 0.4) is 0 Å². The number of nitrogens with one attached hydrogen (secondary N) is 1. The number of aromatic nitrogens is 1. The summed E-state index contributed by atoms with van der Waals surface area (Å²) in [4.78, 5) is 29.0. The summed E-state index contributed by atoms with van der Waals surface area (Å²) >= 11 is 1.49. The molecule has 0 unspecified atom stereocenters. The van der Waals surface area contributed by atoms with Gasteiger partial charge in [0.15, 0.2) is 0 Å². The van der Waals surface area contributed by atoms with Gasteiger partial charge in [0.1, 0.15) is 5.54 Å². The Bertz CT molecular complexity index is 456. The van der Waals surface area contributed by atoms with Crippen molar-refractivity contribution >= 4 is 23.3 Å². The number of urea groups is 1. The first-order valence-corrected chi connectivity index (χ1v) is 6.23. The lowest BCUT2D eigenvalue weighted by atomic mass is 10.1. The number of nitrogens with zero attached hydrogens (tertiary/aromatic N) is 2. The van der Waals surface area contributed by atoms with Crippen LogP contribution >= 0.6 is 11.3 Å². The number of carbonyl (C=O) groups is 2. The Labute approximate surface area is 110 Å². The summed E-state index contributed by atoms with van der Waals surface area (Å²) in [5.41, 5.74) is -1.24. The number of carboxylic acid groups (broad SMARTS) is 1. The molecule has 0 aromatic carbocycles. The van der Waals surface area contributed by atoms with Crippen molar-refractivity contribution in [3.8, 4) is 0 Å². The number of hydrogen-bond acceptors (Lipinski definition) is 4. The van der Waals surface area contributed by atoms with Gasteiger partial charge in [-0.15, -0.1) is 11.3 Å². The fourth-order valence-electron chi connectivity index (χ4n) is 1.17. The molecule has 0 aliphatic carbocycles. The molecule has 1 heterocycles. The molecule has 0 spiro atoms. The van der Waals surface area contributed by atoms with Crippen molar-refractivity contribution in [1.29, 1.82) is 0 Å². The lowest BCUT2D eigenvalue weighted by Gasteiger charge is -2.31. The van der Waals surface area contributed by atoms with Gasteiger partial charge >= 0.3 is 12.0 Å². The van der Waals surface area contributed by atoms with Gasteiger partial charge in [0, 0.05) is 18.1 Å². The second-order valence-electron chi connectivity index (χ2n) is 4.43. The minimum atomic E-state index is -1.24. The molecule has 1 aromatic rings. The molecule has 7 heteroatoms. The molecule has 0 saturated carbocycles. The predicted molar refractivity (Wildman–Crippen MR) is 68.6 cm³/mol. The minimum Gasteiger partial charge on any atom is -0.480 e. The molecule has 2 amide bonds. The zero-order valence-corrected chi connectivity index (χ0v) is 11.7. The second kappa shape index (κ2) is 5.34. The van der Waals surface area contributed by atoms with Crippen LogP contribution in [0.25, 0.3) is 0 Å². The summed E-state index contributed by atoms with van der Waals surface area (Å²) < 4.78 is 0. The molecule has 100 valence electrons. The van der Waals surface area contributed by atoms with Crippen LogP contribution in [-0.2, 0) is 11.3 Å². The van der Waals surface area contributed by atoms with Gasteiger partial charge in [0.25, 0.3) is 0 Å². The van der Waals surface area contributed by atoms with Crippen LogP contribution in [-0.4, -0.2) is 39.6 Å². The lowest BCUT2D eigenvalue weighted by molar-refractivity contribution is -0.146. The number of aryl methyl sites for hydroxylation is 1. The third kappa shape index (κ3) is 3.19. The Hall–Kier alpha value is -1.63. The van der Waals surface area contributed by atoms with Crippen LogP contribution < -0.4 is 5.32 Å². The van der Waals surface area contributed by atoms with Gasteiger partial charge < -0.3 is 15.3 Å². The number of aliphatic carboxylic acids is 1. The molecule has 0 fully saturated rings. The predicted octanol–water partition coefficient (Wildman–Crippen LogP) is 1.46. The first-order chi connectivity index (χ1) is 8.25. The van der Waals surface area contributed by atoms with Crippen LogP contribution in [0.2, 0.25) is 0 Å². The van der Waals surface area contributed by atoms with E-state index in [0.717, 1.165) is 9.88 Å². The van der Waals surface area contributed by atoms with Crippen LogP contribution in [0.1, 0.15) is 23.7 Å². The Kier molecular flexibility index (Phi) is 4.28. The second-order valence-corrected chi connectivity index (χ2v) is 5.75. The van der Waals surface area contributed by atoms with Crippen LogP contribution in [0, 0.1) is 6.92 Å². The maximum Gasteiger partial charge on any atom is 0.329 e. The molecule has 0 aliphatic rings. The van der Waals surface area contributed by atoms with Crippen LogP contribution in [0.15, 0.2) is 6.20 Å². The number of carbonyl (C=O) groups excluding carboxylic acids is 1. The molecule has 0 bridgehead atoms. The molecule has 1 aromatic heterocycles. The number of carboxylic acids is 1. The molecular weight excluding hydrogens is 254 g/mol. The maximum atomic E-state index is 11.8. The number of hydrogen-bond donors (Lipinski definition) is 2. The van der Waals surface area contributed by atoms with E-state index in [1.165, 1.54) is 37.1 Å². The van der Waals surface area contributed by atoms with Gasteiger partial charge in [-0.25, -0.2) is 14.6 Å². The van der Waals surface area contributed by atoms with Crippen LogP contribution in [0.4, 0.5) is 4.79 Å². The number of likely N-dealkylation sites (N-methyl/N-ethyl adjacent to an activating group) is 1. The molecule has 0 radical (unpaired) electrons. The number of rotatable bonds is 4. The summed E-state index contributed by atoms with van der Waals surface area (Å²) in [6.45, 7) is 5.19. The minimum absolute atomic E-state index is 0.352. The van der Waals surface area contributed by atoms with E-state index < -0.39 is 17.5 Å². The summed E-state index contributed by atoms with van der Waals surface area (Å²) in [5.74, 6) is -1.05. The highest BCUT2D eigenvalue weighted by Gasteiger charge is 2.35. The van der Waals surface area contributed by atoms with Gasteiger partial charge in [0.2, 0.25) is 0 Å². The third-order valence-electron chi connectivity index (χ3n) is 2.75. The average molecular weight is 271 g/mol. The van der Waals surface area contributed by atoms with E-state index in [1.54, 1.807) is 6.20 Å². The number of amides is 2. The van der Waals surface area contributed by atoms with Crippen molar-refractivity contribution in [3.05, 3.63) is 16.1 Å². The van der Waals surface area contributed by atoms with Crippen molar-refractivity contribution in [2.24, 2.45) is 0 Å². The quantitative estimate of drug-likeness (QED) is 0.868. The zero-order valence-electron chi connectivity index (χ0n) is 10.9. The standard InChI is InChI=1S/C11H17N3O3S/c1-7-12-5-8(18-7)6-13-10(17)14(4)11(2,3)9(15)16/h5H,6H2,1-4H3,(H,13,17)(H,15,16). The first kappa shape index (κ1) is 14.4. The van der Waals surface area contributed by atoms with Crippen molar-refractivity contribution in [2.75, 3.05) is 7.05 Å². The van der Waals surface area contributed by atoms with E-state index >= 15 is 0 Å². The topological polar surface area (TPSA) is 82.5 Å². The SMILES string of the molecule is Cc1ncc(CNC(=O)N(C)C(C)(C)C(=O)O)s1. The molecule has 6 nitrogen and oxygen atoms in total. The molecular formula is C11H17N3O3S. The summed E-state index contributed by atoms with van der Waals surface area (Å²) in [5, 5.41) is 12.6. The van der Waals surface area contributed by atoms with Crippen molar-refractivity contribution in [2.45, 2.75) is 32.9 Å².